The fraction of sp³-hybridized carbons (Fsp3) is 0.238. The number of aliphatic imine (C=N–C) groups is 1. The Morgan fingerprint density at radius 3 is 2.68 bits per heavy atom. The third kappa shape index (κ3) is 3.12. The van der Waals surface area contributed by atoms with E-state index in [1.165, 1.54) is 0 Å². The Balaban J connectivity index is 1.68. The van der Waals surface area contributed by atoms with Crippen LogP contribution in [0.2, 0.25) is 0 Å². The van der Waals surface area contributed by atoms with E-state index in [4.69, 9.17) is 16.6 Å². The van der Waals surface area contributed by atoms with Crippen molar-refractivity contribution in [1.82, 2.24) is 14.5 Å². The molecule has 1 atom stereocenters. The van der Waals surface area contributed by atoms with Crippen LogP contribution in [0, 0.1) is 11.3 Å². The van der Waals surface area contributed by atoms with Gasteiger partial charge in [0.1, 0.15) is 17.4 Å². The van der Waals surface area contributed by atoms with Crippen LogP contribution in [-0.4, -0.2) is 20.7 Å². The summed E-state index contributed by atoms with van der Waals surface area (Å²) in [7, 11) is 0. The van der Waals surface area contributed by atoms with Crippen molar-refractivity contribution in [1.29, 1.82) is 5.26 Å². The number of pyridine rings is 1. The molecule has 28 heavy (non-hydrogen) atoms. The lowest BCUT2D eigenvalue weighted by atomic mass is 9.92. The molecule has 3 heterocycles. The molecule has 0 amide bonds. The molecule has 0 fully saturated rings. The van der Waals surface area contributed by atoms with Gasteiger partial charge in [0.15, 0.2) is 5.65 Å². The Kier molecular flexibility index (Phi) is 5.21. The molecule has 1 aliphatic heterocycles. The van der Waals surface area contributed by atoms with E-state index < -0.39 is 5.54 Å². The number of halogens is 2. The molecular formula is C21H17ClIN5. The zero-order valence-electron chi connectivity index (χ0n) is 15.2. The van der Waals surface area contributed by atoms with E-state index in [2.05, 4.69) is 50.1 Å². The second-order valence-corrected chi connectivity index (χ2v) is 8.14. The van der Waals surface area contributed by atoms with E-state index in [0.29, 0.717) is 11.6 Å². The number of nitrogens with zero attached hydrogens (tertiary/aromatic N) is 5. The van der Waals surface area contributed by atoms with Crippen molar-refractivity contribution in [3.05, 3.63) is 68.2 Å². The molecule has 4 rings (SSSR count). The minimum absolute atomic E-state index is 0.520. The van der Waals surface area contributed by atoms with E-state index in [0.717, 1.165) is 44.5 Å². The predicted octanol–water partition coefficient (Wildman–Crippen LogP) is 5.12. The molecular weight excluding hydrogens is 485 g/mol. The Morgan fingerprint density at radius 1 is 1.25 bits per heavy atom. The van der Waals surface area contributed by atoms with Crippen molar-refractivity contribution >= 4 is 51.6 Å². The molecule has 7 heteroatoms. The smallest absolute Gasteiger partial charge is 0.203 e. The first-order valence-electron chi connectivity index (χ1n) is 9.01. The van der Waals surface area contributed by atoms with Crippen molar-refractivity contribution in [2.45, 2.75) is 31.8 Å². The third-order valence-electron chi connectivity index (χ3n) is 4.83. The SMILES string of the molecule is CCCc1nc2cccnc2n1Cc1ccc(C2(C#N)N=CC(Cl)=C2I)cc1. The van der Waals surface area contributed by atoms with Gasteiger partial charge in [-0.3, -0.25) is 4.99 Å². The Morgan fingerprint density at radius 2 is 2.04 bits per heavy atom. The van der Waals surface area contributed by atoms with Crippen molar-refractivity contribution in [3.63, 3.8) is 0 Å². The molecule has 1 aromatic carbocycles. The van der Waals surface area contributed by atoms with Crippen LogP contribution in [0.3, 0.4) is 0 Å². The first kappa shape index (κ1) is 19.1. The summed E-state index contributed by atoms with van der Waals surface area (Å²) in [4.78, 5) is 13.6. The molecule has 3 aromatic rings. The lowest BCUT2D eigenvalue weighted by molar-refractivity contribution is 0.713. The molecule has 0 saturated carbocycles. The van der Waals surface area contributed by atoms with Crippen LogP contribution in [0.1, 0.15) is 30.3 Å². The Labute approximate surface area is 181 Å². The summed E-state index contributed by atoms with van der Waals surface area (Å²) in [5.74, 6) is 1.04. The van der Waals surface area contributed by atoms with Crippen LogP contribution in [0.25, 0.3) is 11.2 Å². The summed E-state index contributed by atoms with van der Waals surface area (Å²) in [6.07, 6.45) is 5.28. The number of hydrogen-bond donors (Lipinski definition) is 0. The summed E-state index contributed by atoms with van der Waals surface area (Å²) in [5, 5.41) is 10.3. The number of fused-ring (bicyclic) bond motifs is 1. The summed E-state index contributed by atoms with van der Waals surface area (Å²) in [6, 6.07) is 14.2. The second kappa shape index (κ2) is 7.64. The summed E-state index contributed by atoms with van der Waals surface area (Å²) >= 11 is 8.26. The number of rotatable bonds is 5. The molecule has 2 aromatic heterocycles. The quantitative estimate of drug-likeness (QED) is 0.456. The molecule has 140 valence electrons. The minimum atomic E-state index is -1.03. The van der Waals surface area contributed by atoms with Gasteiger partial charge < -0.3 is 4.57 Å². The van der Waals surface area contributed by atoms with Crippen LogP contribution < -0.4 is 0 Å². The average Bonchev–Trinajstić information content (AvgIpc) is 3.21. The van der Waals surface area contributed by atoms with Crippen LogP contribution in [0.5, 0.6) is 0 Å². The van der Waals surface area contributed by atoms with Gasteiger partial charge in [0.05, 0.1) is 15.2 Å². The van der Waals surface area contributed by atoms with Gasteiger partial charge >= 0.3 is 0 Å². The van der Waals surface area contributed by atoms with Crippen molar-refractivity contribution in [2.24, 2.45) is 4.99 Å². The van der Waals surface area contributed by atoms with Gasteiger partial charge in [0.2, 0.25) is 5.54 Å². The highest BCUT2D eigenvalue weighted by atomic mass is 127. The predicted molar refractivity (Wildman–Crippen MR) is 120 cm³/mol. The number of aryl methyl sites for hydroxylation is 1. The summed E-state index contributed by atoms with van der Waals surface area (Å²) in [6.45, 7) is 2.83. The second-order valence-electron chi connectivity index (χ2n) is 6.65. The van der Waals surface area contributed by atoms with Gasteiger partial charge in [-0.25, -0.2) is 9.97 Å². The highest BCUT2D eigenvalue weighted by molar-refractivity contribution is 14.1. The fourth-order valence-electron chi connectivity index (χ4n) is 3.40. The number of hydrogen-bond acceptors (Lipinski definition) is 4. The lowest BCUT2D eigenvalue weighted by Gasteiger charge is -2.19. The number of imidazole rings is 1. The van der Waals surface area contributed by atoms with Crippen LogP contribution in [-0.2, 0) is 18.5 Å². The van der Waals surface area contributed by atoms with Gasteiger partial charge in [-0.2, -0.15) is 5.26 Å². The van der Waals surface area contributed by atoms with E-state index in [1.807, 2.05) is 36.4 Å². The molecule has 0 bridgehead atoms. The Hall–Kier alpha value is -2.24. The summed E-state index contributed by atoms with van der Waals surface area (Å²) < 4.78 is 2.90. The van der Waals surface area contributed by atoms with E-state index in [-0.39, 0.29) is 0 Å². The molecule has 0 saturated heterocycles. The zero-order valence-corrected chi connectivity index (χ0v) is 18.1. The first-order chi connectivity index (χ1) is 13.6. The zero-order chi connectivity index (χ0) is 19.7. The maximum Gasteiger partial charge on any atom is 0.203 e. The van der Waals surface area contributed by atoms with Crippen LogP contribution in [0.4, 0.5) is 0 Å². The number of allylic oxidation sites excluding steroid dienone is 1. The molecule has 0 radical (unpaired) electrons. The van der Waals surface area contributed by atoms with Crippen molar-refractivity contribution < 1.29 is 0 Å². The molecule has 0 spiro atoms. The molecule has 0 N–H and O–H groups in total. The van der Waals surface area contributed by atoms with E-state index in [9.17, 15) is 5.26 Å². The van der Waals surface area contributed by atoms with Crippen LogP contribution >= 0.6 is 34.2 Å². The minimum Gasteiger partial charge on any atom is -0.308 e. The van der Waals surface area contributed by atoms with Gasteiger partial charge in [0.25, 0.3) is 0 Å². The van der Waals surface area contributed by atoms with E-state index in [1.54, 1.807) is 12.4 Å². The monoisotopic (exact) mass is 501 g/mol. The van der Waals surface area contributed by atoms with Gasteiger partial charge in [-0.15, -0.1) is 0 Å². The molecule has 1 aliphatic rings. The van der Waals surface area contributed by atoms with Crippen molar-refractivity contribution in [3.8, 4) is 6.07 Å². The molecule has 0 aliphatic carbocycles. The van der Waals surface area contributed by atoms with E-state index >= 15 is 0 Å². The first-order valence-corrected chi connectivity index (χ1v) is 10.5. The highest BCUT2D eigenvalue weighted by Gasteiger charge is 2.39. The topological polar surface area (TPSA) is 66.9 Å². The number of nitriles is 1. The maximum atomic E-state index is 9.77. The van der Waals surface area contributed by atoms with Gasteiger partial charge in [-0.1, -0.05) is 42.8 Å². The Bertz CT molecular complexity index is 1140. The normalized spacial score (nSPS) is 18.8. The largest absolute Gasteiger partial charge is 0.308 e. The molecule has 5 nitrogen and oxygen atoms in total. The van der Waals surface area contributed by atoms with Gasteiger partial charge in [-0.05, 0) is 52.3 Å². The van der Waals surface area contributed by atoms with Crippen molar-refractivity contribution in [2.75, 3.05) is 0 Å². The maximum absolute atomic E-state index is 9.77. The average molecular weight is 502 g/mol. The number of aromatic nitrogens is 3. The molecule has 1 unspecified atom stereocenters. The summed E-state index contributed by atoms with van der Waals surface area (Å²) in [5.41, 5.74) is 2.71. The fourth-order valence-corrected chi connectivity index (χ4v) is 4.30. The highest BCUT2D eigenvalue weighted by Crippen LogP contribution is 2.43. The lowest BCUT2D eigenvalue weighted by Crippen LogP contribution is -2.19. The number of benzene rings is 1. The van der Waals surface area contributed by atoms with Gasteiger partial charge in [0, 0.05) is 18.8 Å². The van der Waals surface area contributed by atoms with Crippen LogP contribution in [0.15, 0.2) is 56.2 Å². The standard InChI is InChI=1S/C21H17ClIN5/c1-2-4-18-27-17-5-3-10-25-20(17)28(18)12-14-6-8-15(9-7-14)21(13-24)19(23)16(22)11-26-21/h3,5-11H,2,4,12H2,1H3. The third-order valence-corrected chi connectivity index (χ3v) is 6.80.